The largest absolute Gasteiger partial charge is 0.473 e. The van der Waals surface area contributed by atoms with Crippen molar-refractivity contribution < 1.29 is 4.74 Å². The van der Waals surface area contributed by atoms with E-state index in [0.29, 0.717) is 5.88 Å². The molecule has 0 radical (unpaired) electrons. The lowest BCUT2D eigenvalue weighted by Gasteiger charge is -2.24. The molecule has 2 heterocycles. The van der Waals surface area contributed by atoms with Crippen molar-refractivity contribution >= 4 is 0 Å². The van der Waals surface area contributed by atoms with Crippen molar-refractivity contribution in [2.75, 3.05) is 13.6 Å². The van der Waals surface area contributed by atoms with Gasteiger partial charge in [-0.05, 0) is 38.4 Å². The van der Waals surface area contributed by atoms with Gasteiger partial charge in [-0.1, -0.05) is 19.1 Å². The van der Waals surface area contributed by atoms with Crippen molar-refractivity contribution in [3.05, 3.63) is 60.3 Å². The molecule has 2 aromatic heterocycles. The second-order valence-electron chi connectivity index (χ2n) is 6.28. The number of likely N-dealkylation sites (N-methyl/N-ethyl adjacent to an activating group) is 1. The van der Waals surface area contributed by atoms with Crippen molar-refractivity contribution in [1.29, 1.82) is 0 Å². The Hall–Kier alpha value is -2.27. The highest BCUT2D eigenvalue weighted by molar-refractivity contribution is 5.16. The fourth-order valence-corrected chi connectivity index (χ4v) is 2.69. The SMILES string of the molecule is C=CCC[C@@H](CN(C)Cc1cccnc1)Oc1cc(C)nc(CC)n1. The molecule has 0 amide bonds. The summed E-state index contributed by atoms with van der Waals surface area (Å²) >= 11 is 0. The summed E-state index contributed by atoms with van der Waals surface area (Å²) in [6, 6.07) is 5.95. The first-order valence-corrected chi connectivity index (χ1v) is 8.80. The summed E-state index contributed by atoms with van der Waals surface area (Å²) < 4.78 is 6.19. The lowest BCUT2D eigenvalue weighted by Crippen LogP contribution is -2.33. The summed E-state index contributed by atoms with van der Waals surface area (Å²) in [6.07, 6.45) is 8.30. The number of allylic oxidation sites excluding steroid dienone is 1. The molecule has 5 heteroatoms. The number of nitrogens with zero attached hydrogens (tertiary/aromatic N) is 4. The molecule has 0 fully saturated rings. The highest BCUT2D eigenvalue weighted by Gasteiger charge is 2.15. The highest BCUT2D eigenvalue weighted by Crippen LogP contribution is 2.15. The number of hydrogen-bond donors (Lipinski definition) is 0. The molecule has 0 aliphatic rings. The molecule has 0 N–H and O–H groups in total. The van der Waals surface area contributed by atoms with Crippen molar-refractivity contribution in [2.24, 2.45) is 0 Å². The number of rotatable bonds is 10. The number of aromatic nitrogens is 3. The van der Waals surface area contributed by atoms with E-state index in [1.807, 2.05) is 31.3 Å². The molecule has 0 bridgehead atoms. The van der Waals surface area contributed by atoms with Crippen molar-refractivity contribution in [1.82, 2.24) is 19.9 Å². The average Bonchev–Trinajstić information content (AvgIpc) is 2.60. The zero-order chi connectivity index (χ0) is 18.1. The second kappa shape index (κ2) is 9.89. The minimum absolute atomic E-state index is 0.0543. The Labute approximate surface area is 150 Å². The maximum absolute atomic E-state index is 6.19. The van der Waals surface area contributed by atoms with Gasteiger partial charge in [0.05, 0.1) is 0 Å². The van der Waals surface area contributed by atoms with Crippen LogP contribution in [0.15, 0.2) is 43.2 Å². The predicted octanol–water partition coefficient (Wildman–Crippen LogP) is 3.59. The molecule has 1 atom stereocenters. The Morgan fingerprint density at radius 1 is 1.36 bits per heavy atom. The molecule has 0 spiro atoms. The van der Waals surface area contributed by atoms with E-state index in [0.717, 1.165) is 43.9 Å². The van der Waals surface area contributed by atoms with Crippen LogP contribution in [0.25, 0.3) is 0 Å². The van der Waals surface area contributed by atoms with Crippen LogP contribution in [-0.2, 0) is 13.0 Å². The fraction of sp³-hybridized carbons (Fsp3) is 0.450. The van der Waals surface area contributed by atoms with E-state index in [1.165, 1.54) is 5.56 Å². The summed E-state index contributed by atoms with van der Waals surface area (Å²) in [5.74, 6) is 1.48. The first-order chi connectivity index (χ1) is 12.1. The van der Waals surface area contributed by atoms with Crippen molar-refractivity contribution in [2.45, 2.75) is 45.8 Å². The molecule has 0 aliphatic carbocycles. The average molecular weight is 340 g/mol. The molecular formula is C20H28N4O. The summed E-state index contributed by atoms with van der Waals surface area (Å²) in [6.45, 7) is 9.50. The van der Waals surface area contributed by atoms with Gasteiger partial charge in [-0.25, -0.2) is 4.98 Å². The van der Waals surface area contributed by atoms with Crippen LogP contribution in [0.3, 0.4) is 0 Å². The minimum Gasteiger partial charge on any atom is -0.473 e. The Bertz CT molecular complexity index is 660. The van der Waals surface area contributed by atoms with Gasteiger partial charge in [0.15, 0.2) is 0 Å². The zero-order valence-electron chi connectivity index (χ0n) is 15.5. The van der Waals surface area contributed by atoms with Gasteiger partial charge in [-0.15, -0.1) is 6.58 Å². The first-order valence-electron chi connectivity index (χ1n) is 8.80. The molecule has 2 aromatic rings. The number of ether oxygens (including phenoxy) is 1. The van der Waals surface area contributed by atoms with Gasteiger partial charge in [0.1, 0.15) is 11.9 Å². The standard InChI is InChI=1S/C20H28N4O/c1-5-7-10-18(15-24(4)14-17-9-8-11-21-13-17)25-20-12-16(3)22-19(6-2)23-20/h5,8-9,11-13,18H,1,6-7,10,14-15H2,2-4H3/t18-/m0/s1. The molecule has 5 nitrogen and oxygen atoms in total. The van der Waals surface area contributed by atoms with Crippen LogP contribution >= 0.6 is 0 Å². The summed E-state index contributed by atoms with van der Waals surface area (Å²) in [5, 5.41) is 0. The third kappa shape index (κ3) is 6.63. The van der Waals surface area contributed by atoms with Gasteiger partial charge in [0.25, 0.3) is 0 Å². The first kappa shape index (κ1) is 19.1. The molecular weight excluding hydrogens is 312 g/mol. The molecule has 2 rings (SSSR count). The van der Waals surface area contributed by atoms with E-state index < -0.39 is 0 Å². The summed E-state index contributed by atoms with van der Waals surface area (Å²) in [5.41, 5.74) is 2.13. The van der Waals surface area contributed by atoms with Crippen LogP contribution < -0.4 is 4.74 Å². The monoisotopic (exact) mass is 340 g/mol. The van der Waals surface area contributed by atoms with Gasteiger partial charge >= 0.3 is 0 Å². The maximum Gasteiger partial charge on any atom is 0.217 e. The topological polar surface area (TPSA) is 51.1 Å². The fourth-order valence-electron chi connectivity index (χ4n) is 2.69. The lowest BCUT2D eigenvalue weighted by atomic mass is 10.1. The highest BCUT2D eigenvalue weighted by atomic mass is 16.5. The van der Waals surface area contributed by atoms with Gasteiger partial charge in [-0.3, -0.25) is 9.88 Å². The quantitative estimate of drug-likeness (QED) is 0.619. The molecule has 25 heavy (non-hydrogen) atoms. The third-order valence-corrected chi connectivity index (χ3v) is 3.86. The van der Waals surface area contributed by atoms with Crippen LogP contribution in [-0.4, -0.2) is 39.5 Å². The van der Waals surface area contributed by atoms with E-state index in [1.54, 1.807) is 6.20 Å². The predicted molar refractivity (Wildman–Crippen MR) is 101 cm³/mol. The molecule has 0 aliphatic heterocycles. The Morgan fingerprint density at radius 2 is 2.20 bits per heavy atom. The normalized spacial score (nSPS) is 12.2. The molecule has 0 saturated heterocycles. The zero-order valence-corrected chi connectivity index (χ0v) is 15.5. The minimum atomic E-state index is 0.0543. The van der Waals surface area contributed by atoms with E-state index in [4.69, 9.17) is 4.74 Å². The summed E-state index contributed by atoms with van der Waals surface area (Å²) in [4.78, 5) is 15.3. The number of aryl methyl sites for hydroxylation is 2. The molecule has 0 saturated carbocycles. The van der Waals surface area contributed by atoms with Gasteiger partial charge in [0, 0.05) is 43.7 Å². The van der Waals surface area contributed by atoms with Crippen LogP contribution in [0.2, 0.25) is 0 Å². The lowest BCUT2D eigenvalue weighted by molar-refractivity contribution is 0.131. The number of hydrogen-bond acceptors (Lipinski definition) is 5. The van der Waals surface area contributed by atoms with Gasteiger partial charge in [-0.2, -0.15) is 4.98 Å². The Kier molecular flexibility index (Phi) is 7.54. The molecule has 0 aromatic carbocycles. The van der Waals surface area contributed by atoms with Crippen LogP contribution in [0.1, 0.15) is 36.8 Å². The smallest absolute Gasteiger partial charge is 0.217 e. The third-order valence-electron chi connectivity index (χ3n) is 3.86. The van der Waals surface area contributed by atoms with Crippen LogP contribution in [0.5, 0.6) is 5.88 Å². The van der Waals surface area contributed by atoms with Crippen LogP contribution in [0, 0.1) is 6.92 Å². The van der Waals surface area contributed by atoms with E-state index >= 15 is 0 Å². The van der Waals surface area contributed by atoms with Gasteiger partial charge < -0.3 is 4.74 Å². The molecule has 134 valence electrons. The van der Waals surface area contributed by atoms with E-state index in [2.05, 4.69) is 46.5 Å². The maximum atomic E-state index is 6.19. The van der Waals surface area contributed by atoms with Crippen LogP contribution in [0.4, 0.5) is 0 Å². The van der Waals surface area contributed by atoms with E-state index in [-0.39, 0.29) is 6.10 Å². The second-order valence-corrected chi connectivity index (χ2v) is 6.28. The number of pyridine rings is 1. The summed E-state index contributed by atoms with van der Waals surface area (Å²) in [7, 11) is 2.10. The van der Waals surface area contributed by atoms with Gasteiger partial charge in [0.2, 0.25) is 5.88 Å². The van der Waals surface area contributed by atoms with Crippen molar-refractivity contribution in [3.8, 4) is 5.88 Å². The molecule has 0 unspecified atom stereocenters. The Morgan fingerprint density at radius 3 is 2.88 bits per heavy atom. The Balaban J connectivity index is 2.02. The van der Waals surface area contributed by atoms with E-state index in [9.17, 15) is 0 Å². The van der Waals surface area contributed by atoms with Crippen molar-refractivity contribution in [3.63, 3.8) is 0 Å².